The maximum Gasteiger partial charge on any atom is 0.139 e. The van der Waals surface area contributed by atoms with Crippen molar-refractivity contribution in [1.29, 1.82) is 0 Å². The summed E-state index contributed by atoms with van der Waals surface area (Å²) >= 11 is 0. The first-order valence-corrected chi connectivity index (χ1v) is 3.58. The molecule has 0 amide bonds. The van der Waals surface area contributed by atoms with E-state index in [1.165, 1.54) is 18.4 Å². The predicted molar refractivity (Wildman–Crippen MR) is 42.1 cm³/mol. The second-order valence-electron chi connectivity index (χ2n) is 2.56. The van der Waals surface area contributed by atoms with E-state index in [9.17, 15) is 4.39 Å². The van der Waals surface area contributed by atoms with E-state index in [1.54, 1.807) is 6.07 Å². The molecule has 0 aliphatic rings. The molecule has 0 saturated carbocycles. The molecule has 1 aromatic heterocycles. The van der Waals surface area contributed by atoms with Gasteiger partial charge in [0.15, 0.2) is 0 Å². The van der Waals surface area contributed by atoms with Gasteiger partial charge < -0.3 is 9.52 Å². The van der Waals surface area contributed by atoms with Gasteiger partial charge in [-0.05, 0) is 18.2 Å². The molecule has 0 atom stereocenters. The first kappa shape index (κ1) is 7.31. The summed E-state index contributed by atoms with van der Waals surface area (Å²) in [6.07, 6.45) is 1.48. The van der Waals surface area contributed by atoms with Gasteiger partial charge in [-0.2, -0.15) is 0 Å². The van der Waals surface area contributed by atoms with Crippen molar-refractivity contribution < 1.29 is 13.9 Å². The average Bonchev–Trinajstić information content (AvgIpc) is 2.50. The molecule has 3 heteroatoms. The van der Waals surface area contributed by atoms with Gasteiger partial charge in [0.2, 0.25) is 0 Å². The van der Waals surface area contributed by atoms with E-state index in [0.29, 0.717) is 16.5 Å². The van der Waals surface area contributed by atoms with E-state index >= 15 is 0 Å². The van der Waals surface area contributed by atoms with Crippen molar-refractivity contribution in [2.75, 3.05) is 0 Å². The van der Waals surface area contributed by atoms with Crippen molar-refractivity contribution in [3.63, 3.8) is 0 Å². The molecule has 0 aliphatic heterocycles. The van der Waals surface area contributed by atoms with E-state index < -0.39 is 0 Å². The van der Waals surface area contributed by atoms with Gasteiger partial charge in [-0.3, -0.25) is 0 Å². The SMILES string of the molecule is OCc1cc(F)cc2ccoc12. The zero-order valence-corrected chi connectivity index (χ0v) is 6.25. The summed E-state index contributed by atoms with van der Waals surface area (Å²) in [6.45, 7) is -0.207. The molecular formula is C9H7FO2. The van der Waals surface area contributed by atoms with Crippen molar-refractivity contribution in [1.82, 2.24) is 0 Å². The zero-order valence-electron chi connectivity index (χ0n) is 6.25. The summed E-state index contributed by atoms with van der Waals surface area (Å²) in [7, 11) is 0. The van der Waals surface area contributed by atoms with Crippen LogP contribution in [0.2, 0.25) is 0 Å². The summed E-state index contributed by atoms with van der Waals surface area (Å²) in [4.78, 5) is 0. The van der Waals surface area contributed by atoms with Crippen LogP contribution in [0, 0.1) is 5.82 Å². The van der Waals surface area contributed by atoms with Crippen LogP contribution in [0.1, 0.15) is 5.56 Å². The van der Waals surface area contributed by atoms with Crippen LogP contribution in [-0.4, -0.2) is 5.11 Å². The Balaban J connectivity index is 2.80. The molecule has 0 bridgehead atoms. The molecule has 0 radical (unpaired) electrons. The number of rotatable bonds is 1. The fourth-order valence-electron chi connectivity index (χ4n) is 1.23. The molecular weight excluding hydrogens is 159 g/mol. The Morgan fingerprint density at radius 3 is 3.00 bits per heavy atom. The van der Waals surface area contributed by atoms with Crippen LogP contribution in [-0.2, 0) is 6.61 Å². The van der Waals surface area contributed by atoms with Gasteiger partial charge in [0.25, 0.3) is 0 Å². The van der Waals surface area contributed by atoms with Crippen molar-refractivity contribution in [3.05, 3.63) is 35.8 Å². The average molecular weight is 166 g/mol. The van der Waals surface area contributed by atoms with Gasteiger partial charge in [-0.1, -0.05) is 0 Å². The molecule has 12 heavy (non-hydrogen) atoms. The predicted octanol–water partition coefficient (Wildman–Crippen LogP) is 2.06. The highest BCUT2D eigenvalue weighted by Gasteiger charge is 2.05. The van der Waals surface area contributed by atoms with Crippen LogP contribution in [0.3, 0.4) is 0 Å². The molecule has 1 aromatic carbocycles. The zero-order chi connectivity index (χ0) is 8.55. The number of aliphatic hydroxyl groups is 1. The Labute approximate surface area is 68.2 Å². The number of aliphatic hydroxyl groups excluding tert-OH is 1. The Morgan fingerprint density at radius 1 is 1.42 bits per heavy atom. The fourth-order valence-corrected chi connectivity index (χ4v) is 1.23. The number of benzene rings is 1. The van der Waals surface area contributed by atoms with Crippen LogP contribution in [0.4, 0.5) is 4.39 Å². The Hall–Kier alpha value is -1.35. The monoisotopic (exact) mass is 166 g/mol. The highest BCUT2D eigenvalue weighted by molar-refractivity contribution is 5.80. The van der Waals surface area contributed by atoms with Gasteiger partial charge >= 0.3 is 0 Å². The molecule has 2 rings (SSSR count). The molecule has 1 N–H and O–H groups in total. The lowest BCUT2D eigenvalue weighted by Crippen LogP contribution is -1.85. The molecule has 0 fully saturated rings. The first-order valence-electron chi connectivity index (χ1n) is 3.58. The number of halogens is 1. The van der Waals surface area contributed by atoms with Crippen LogP contribution in [0.5, 0.6) is 0 Å². The minimum atomic E-state index is -0.354. The highest BCUT2D eigenvalue weighted by atomic mass is 19.1. The molecule has 0 unspecified atom stereocenters. The van der Waals surface area contributed by atoms with Gasteiger partial charge in [0, 0.05) is 10.9 Å². The molecule has 0 saturated heterocycles. The summed E-state index contributed by atoms with van der Waals surface area (Å²) in [5.41, 5.74) is 1.04. The third-order valence-corrected chi connectivity index (χ3v) is 1.76. The molecule has 1 heterocycles. The largest absolute Gasteiger partial charge is 0.464 e. The lowest BCUT2D eigenvalue weighted by Gasteiger charge is -1.97. The Kier molecular flexibility index (Phi) is 1.59. The Morgan fingerprint density at radius 2 is 2.25 bits per heavy atom. The molecule has 2 nitrogen and oxygen atoms in total. The maximum atomic E-state index is 12.8. The first-order chi connectivity index (χ1) is 5.81. The third-order valence-electron chi connectivity index (χ3n) is 1.76. The van der Waals surface area contributed by atoms with E-state index in [-0.39, 0.29) is 12.4 Å². The van der Waals surface area contributed by atoms with Crippen molar-refractivity contribution in [2.24, 2.45) is 0 Å². The van der Waals surface area contributed by atoms with E-state index in [0.717, 1.165) is 0 Å². The lowest BCUT2D eigenvalue weighted by molar-refractivity contribution is 0.281. The number of hydrogen-bond donors (Lipinski definition) is 1. The highest BCUT2D eigenvalue weighted by Crippen LogP contribution is 2.21. The van der Waals surface area contributed by atoms with E-state index in [1.807, 2.05) is 0 Å². The van der Waals surface area contributed by atoms with Gasteiger partial charge in [0.05, 0.1) is 12.9 Å². The van der Waals surface area contributed by atoms with Crippen molar-refractivity contribution >= 4 is 11.0 Å². The van der Waals surface area contributed by atoms with Crippen LogP contribution in [0.25, 0.3) is 11.0 Å². The van der Waals surface area contributed by atoms with Crippen LogP contribution in [0.15, 0.2) is 28.9 Å². The second-order valence-corrected chi connectivity index (χ2v) is 2.56. The number of furan rings is 1. The topological polar surface area (TPSA) is 33.4 Å². The molecule has 2 aromatic rings. The van der Waals surface area contributed by atoms with Gasteiger partial charge in [-0.25, -0.2) is 4.39 Å². The standard InChI is InChI=1S/C9H7FO2/c10-8-3-6-1-2-12-9(6)7(4-8)5-11/h1-4,11H,5H2. The van der Waals surface area contributed by atoms with Crippen LogP contribution >= 0.6 is 0 Å². The summed E-state index contributed by atoms with van der Waals surface area (Å²) in [5, 5.41) is 9.53. The molecule has 62 valence electrons. The van der Waals surface area contributed by atoms with Gasteiger partial charge in [0.1, 0.15) is 11.4 Å². The molecule has 0 aliphatic carbocycles. The number of fused-ring (bicyclic) bond motifs is 1. The maximum absolute atomic E-state index is 12.8. The van der Waals surface area contributed by atoms with Gasteiger partial charge in [-0.15, -0.1) is 0 Å². The summed E-state index contributed by atoms with van der Waals surface area (Å²) < 4.78 is 17.9. The number of hydrogen-bond acceptors (Lipinski definition) is 2. The lowest BCUT2D eigenvalue weighted by atomic mass is 10.1. The third kappa shape index (κ3) is 0.987. The quantitative estimate of drug-likeness (QED) is 0.703. The summed E-state index contributed by atoms with van der Waals surface area (Å²) in [5.74, 6) is -0.354. The minimum Gasteiger partial charge on any atom is -0.464 e. The molecule has 0 spiro atoms. The second kappa shape index (κ2) is 2.60. The van der Waals surface area contributed by atoms with Crippen LogP contribution < -0.4 is 0 Å². The van der Waals surface area contributed by atoms with E-state index in [4.69, 9.17) is 9.52 Å². The Bertz CT molecular complexity index is 406. The van der Waals surface area contributed by atoms with Crippen molar-refractivity contribution in [3.8, 4) is 0 Å². The fraction of sp³-hybridized carbons (Fsp3) is 0.111. The van der Waals surface area contributed by atoms with E-state index in [2.05, 4.69) is 0 Å². The minimum absolute atomic E-state index is 0.207. The smallest absolute Gasteiger partial charge is 0.139 e. The van der Waals surface area contributed by atoms with Crippen molar-refractivity contribution in [2.45, 2.75) is 6.61 Å². The summed E-state index contributed by atoms with van der Waals surface area (Å²) in [6, 6.07) is 4.31. The normalized spacial score (nSPS) is 10.8.